The van der Waals surface area contributed by atoms with Gasteiger partial charge in [-0.05, 0) is 66.3 Å². The lowest BCUT2D eigenvalue weighted by Crippen LogP contribution is -2.36. The summed E-state index contributed by atoms with van der Waals surface area (Å²) in [4.78, 5) is 26.7. The Labute approximate surface area is 193 Å². The van der Waals surface area contributed by atoms with Gasteiger partial charge in [0.15, 0.2) is 0 Å². The van der Waals surface area contributed by atoms with Crippen LogP contribution < -0.4 is 15.5 Å². The van der Waals surface area contributed by atoms with Crippen LogP contribution in [-0.4, -0.2) is 24.9 Å². The van der Waals surface area contributed by atoms with Crippen molar-refractivity contribution in [3.8, 4) is 0 Å². The molecule has 0 aromatic heterocycles. The van der Waals surface area contributed by atoms with Crippen molar-refractivity contribution in [3.05, 3.63) is 94.0 Å². The summed E-state index contributed by atoms with van der Waals surface area (Å²) in [5.74, 6) is -1.36. The first-order valence-corrected chi connectivity index (χ1v) is 11.1. The Bertz CT molecular complexity index is 1130. The number of hydrogen-bond acceptors (Lipinski definition) is 3. The highest BCUT2D eigenvalue weighted by molar-refractivity contribution is 6.40. The molecule has 3 aromatic rings. The highest BCUT2D eigenvalue weighted by Gasteiger charge is 2.17. The maximum absolute atomic E-state index is 12.2. The largest absolute Gasteiger partial charge is 0.367 e. The first-order valence-electron chi connectivity index (χ1n) is 10.8. The smallest absolute Gasteiger partial charge is 0.313 e. The average Bonchev–Trinajstić information content (AvgIpc) is 2.82. The summed E-state index contributed by atoms with van der Waals surface area (Å²) in [6.45, 7) is 4.11. The van der Waals surface area contributed by atoms with Gasteiger partial charge in [-0.2, -0.15) is 0 Å². The lowest BCUT2D eigenvalue weighted by atomic mass is 9.99. The van der Waals surface area contributed by atoms with Gasteiger partial charge < -0.3 is 15.5 Å². The third-order valence-corrected chi connectivity index (χ3v) is 6.26. The molecule has 0 unspecified atom stereocenters. The molecule has 164 valence electrons. The zero-order chi connectivity index (χ0) is 22.5. The van der Waals surface area contributed by atoms with Gasteiger partial charge in [-0.3, -0.25) is 9.59 Å². The molecule has 0 aliphatic carbocycles. The number of hydrogen-bond donors (Lipinski definition) is 2. The summed E-state index contributed by atoms with van der Waals surface area (Å²) in [5, 5.41) is 5.83. The van der Waals surface area contributed by atoms with Crippen LogP contribution in [-0.2, 0) is 29.0 Å². The van der Waals surface area contributed by atoms with E-state index >= 15 is 0 Å². The minimum Gasteiger partial charge on any atom is -0.367 e. The van der Waals surface area contributed by atoms with E-state index in [1.54, 1.807) is 25.1 Å². The summed E-state index contributed by atoms with van der Waals surface area (Å²) < 4.78 is 0. The number of amides is 2. The molecule has 0 saturated heterocycles. The number of benzene rings is 3. The van der Waals surface area contributed by atoms with Gasteiger partial charge in [-0.15, -0.1) is 0 Å². The van der Waals surface area contributed by atoms with Crippen LogP contribution in [0.3, 0.4) is 0 Å². The van der Waals surface area contributed by atoms with Crippen molar-refractivity contribution in [2.24, 2.45) is 0 Å². The van der Waals surface area contributed by atoms with Crippen molar-refractivity contribution in [2.45, 2.75) is 26.3 Å². The molecule has 4 rings (SSSR count). The summed E-state index contributed by atoms with van der Waals surface area (Å²) in [7, 11) is 0. The molecule has 6 heteroatoms. The SMILES string of the molecule is Cc1c(Cl)cccc1NC(=O)C(=O)NCCc1ccc(N2CCc3ccccc3C2)cc1. The van der Waals surface area contributed by atoms with Gasteiger partial charge in [0.25, 0.3) is 0 Å². The molecule has 0 saturated carbocycles. The molecular formula is C26H26ClN3O2. The molecule has 5 nitrogen and oxygen atoms in total. The normalized spacial score (nSPS) is 12.8. The summed E-state index contributed by atoms with van der Waals surface area (Å²) in [6.07, 6.45) is 1.71. The van der Waals surface area contributed by atoms with Gasteiger partial charge in [-0.25, -0.2) is 0 Å². The fraction of sp³-hybridized carbons (Fsp3) is 0.231. The van der Waals surface area contributed by atoms with Gasteiger partial charge in [-0.1, -0.05) is 54.1 Å². The molecule has 32 heavy (non-hydrogen) atoms. The van der Waals surface area contributed by atoms with E-state index in [2.05, 4.69) is 64.1 Å². The fourth-order valence-corrected chi connectivity index (χ4v) is 4.09. The maximum Gasteiger partial charge on any atom is 0.313 e. The number of anilines is 2. The third-order valence-electron chi connectivity index (χ3n) is 5.85. The number of nitrogens with one attached hydrogen (secondary N) is 2. The third kappa shape index (κ3) is 5.11. The van der Waals surface area contributed by atoms with Crippen LogP contribution in [0.15, 0.2) is 66.7 Å². The number of rotatable bonds is 5. The Morgan fingerprint density at radius 2 is 1.69 bits per heavy atom. The van der Waals surface area contributed by atoms with Crippen LogP contribution in [0.5, 0.6) is 0 Å². The molecule has 2 amide bonds. The number of carbonyl (C=O) groups is 2. The van der Waals surface area contributed by atoms with Crippen LogP contribution in [0.2, 0.25) is 5.02 Å². The van der Waals surface area contributed by atoms with Gasteiger partial charge >= 0.3 is 11.8 Å². The molecule has 0 atom stereocenters. The van der Waals surface area contributed by atoms with E-state index in [0.717, 1.165) is 30.6 Å². The van der Waals surface area contributed by atoms with Gasteiger partial charge in [0.2, 0.25) is 0 Å². The predicted molar refractivity (Wildman–Crippen MR) is 129 cm³/mol. The summed E-state index contributed by atoms with van der Waals surface area (Å²) >= 11 is 6.06. The second-order valence-corrected chi connectivity index (χ2v) is 8.39. The first-order chi connectivity index (χ1) is 15.5. The van der Waals surface area contributed by atoms with Crippen LogP contribution in [0.25, 0.3) is 0 Å². The van der Waals surface area contributed by atoms with Crippen molar-refractivity contribution < 1.29 is 9.59 Å². The number of halogens is 1. The number of carbonyl (C=O) groups excluding carboxylic acids is 2. The van der Waals surface area contributed by atoms with E-state index < -0.39 is 11.8 Å². The standard InChI is InChI=1S/C26H26ClN3O2/c1-18-23(27)7-4-8-24(18)29-26(32)25(31)28-15-13-19-9-11-22(12-10-19)30-16-14-20-5-2-3-6-21(20)17-30/h2-12H,13-17H2,1H3,(H,28,31)(H,29,32). The van der Waals surface area contributed by atoms with Gasteiger partial charge in [0.1, 0.15) is 0 Å². The molecule has 1 aliphatic heterocycles. The van der Waals surface area contributed by atoms with Crippen molar-refractivity contribution in [1.29, 1.82) is 0 Å². The minimum absolute atomic E-state index is 0.386. The van der Waals surface area contributed by atoms with E-state index in [4.69, 9.17) is 11.6 Å². The zero-order valence-electron chi connectivity index (χ0n) is 18.0. The molecule has 0 fully saturated rings. The molecule has 0 radical (unpaired) electrons. The van der Waals surface area contributed by atoms with Crippen LogP contribution >= 0.6 is 11.6 Å². The minimum atomic E-state index is -0.698. The summed E-state index contributed by atoms with van der Waals surface area (Å²) in [5.41, 5.74) is 6.39. The van der Waals surface area contributed by atoms with Gasteiger partial charge in [0, 0.05) is 36.0 Å². The van der Waals surface area contributed by atoms with Crippen LogP contribution in [0.4, 0.5) is 11.4 Å². The topological polar surface area (TPSA) is 61.4 Å². The zero-order valence-corrected chi connectivity index (χ0v) is 18.8. The lowest BCUT2D eigenvalue weighted by molar-refractivity contribution is -0.136. The first kappa shape index (κ1) is 21.9. The van der Waals surface area contributed by atoms with Crippen LogP contribution in [0.1, 0.15) is 22.3 Å². The highest BCUT2D eigenvalue weighted by atomic mass is 35.5. The molecule has 3 aromatic carbocycles. The number of nitrogens with zero attached hydrogens (tertiary/aromatic N) is 1. The highest BCUT2D eigenvalue weighted by Crippen LogP contribution is 2.25. The second-order valence-electron chi connectivity index (χ2n) is 7.98. The van der Waals surface area contributed by atoms with E-state index in [1.807, 2.05) is 0 Å². The van der Waals surface area contributed by atoms with E-state index in [1.165, 1.54) is 16.8 Å². The Kier molecular flexibility index (Phi) is 6.76. The molecule has 0 bridgehead atoms. The molecular weight excluding hydrogens is 422 g/mol. The van der Waals surface area contributed by atoms with Crippen molar-refractivity contribution in [2.75, 3.05) is 23.3 Å². The Balaban J connectivity index is 1.26. The lowest BCUT2D eigenvalue weighted by Gasteiger charge is -2.30. The molecule has 1 aliphatic rings. The molecule has 1 heterocycles. The Morgan fingerprint density at radius 3 is 2.47 bits per heavy atom. The Morgan fingerprint density at radius 1 is 0.938 bits per heavy atom. The predicted octanol–water partition coefficient (Wildman–Crippen LogP) is 4.51. The number of fused-ring (bicyclic) bond motifs is 1. The average molecular weight is 448 g/mol. The molecule has 0 spiro atoms. The van der Waals surface area contributed by atoms with Crippen molar-refractivity contribution in [1.82, 2.24) is 5.32 Å². The maximum atomic E-state index is 12.2. The monoisotopic (exact) mass is 447 g/mol. The quantitative estimate of drug-likeness (QED) is 0.566. The molecule has 2 N–H and O–H groups in total. The van der Waals surface area contributed by atoms with Gasteiger partial charge in [0.05, 0.1) is 0 Å². The van der Waals surface area contributed by atoms with Crippen molar-refractivity contribution in [3.63, 3.8) is 0 Å². The van der Waals surface area contributed by atoms with E-state index in [0.29, 0.717) is 23.7 Å². The van der Waals surface area contributed by atoms with Crippen molar-refractivity contribution >= 4 is 34.8 Å². The Hall–Kier alpha value is -3.31. The van der Waals surface area contributed by atoms with E-state index in [9.17, 15) is 9.59 Å². The fourth-order valence-electron chi connectivity index (χ4n) is 3.91. The van der Waals surface area contributed by atoms with E-state index in [-0.39, 0.29) is 0 Å². The second kappa shape index (κ2) is 9.88. The summed E-state index contributed by atoms with van der Waals surface area (Å²) in [6, 6.07) is 22.2. The van der Waals surface area contributed by atoms with Crippen LogP contribution in [0, 0.1) is 6.92 Å².